The summed E-state index contributed by atoms with van der Waals surface area (Å²) in [6, 6.07) is -0.190. The molecule has 33 heavy (non-hydrogen) atoms. The van der Waals surface area contributed by atoms with Crippen LogP contribution in [0, 0.1) is 0 Å². The SMILES string of the molecule is C=CCC(=C\C=C(/C=C)C(=O)N[C@H](C)/C(C=C)=C/C(C)=C(\C)NSC)/C=C(\C)N1CCCC1. The van der Waals surface area contributed by atoms with Gasteiger partial charge in [0.15, 0.2) is 0 Å². The number of rotatable bonds is 13. The summed E-state index contributed by atoms with van der Waals surface area (Å²) in [5.41, 5.74) is 5.99. The molecule has 1 saturated heterocycles. The zero-order chi connectivity index (χ0) is 24.8. The van der Waals surface area contributed by atoms with Gasteiger partial charge < -0.3 is 14.9 Å². The second-order valence-corrected chi connectivity index (χ2v) is 8.81. The van der Waals surface area contributed by atoms with Crippen molar-refractivity contribution in [3.8, 4) is 0 Å². The van der Waals surface area contributed by atoms with E-state index in [1.165, 1.54) is 18.5 Å². The number of nitrogens with one attached hydrogen (secondary N) is 2. The molecule has 1 heterocycles. The Morgan fingerprint density at radius 1 is 1.06 bits per heavy atom. The van der Waals surface area contributed by atoms with E-state index in [0.29, 0.717) is 5.57 Å². The predicted molar refractivity (Wildman–Crippen MR) is 147 cm³/mol. The molecule has 180 valence electrons. The summed E-state index contributed by atoms with van der Waals surface area (Å²) in [6.07, 6.45) is 18.5. The van der Waals surface area contributed by atoms with Gasteiger partial charge in [0, 0.05) is 36.3 Å². The van der Waals surface area contributed by atoms with Gasteiger partial charge >= 0.3 is 0 Å². The van der Waals surface area contributed by atoms with Crippen LogP contribution in [0.25, 0.3) is 0 Å². The van der Waals surface area contributed by atoms with Crippen molar-refractivity contribution >= 4 is 17.9 Å². The van der Waals surface area contributed by atoms with Crippen LogP contribution in [0.4, 0.5) is 0 Å². The molecule has 5 heteroatoms. The third-order valence-electron chi connectivity index (χ3n) is 5.65. The Kier molecular flexibility index (Phi) is 13.1. The van der Waals surface area contributed by atoms with Crippen LogP contribution in [0.1, 0.15) is 47.0 Å². The number of allylic oxidation sites excluding steroid dienone is 9. The number of hydrogen-bond acceptors (Lipinski definition) is 4. The molecule has 1 aliphatic heterocycles. The molecule has 0 spiro atoms. The lowest BCUT2D eigenvalue weighted by molar-refractivity contribution is -0.117. The first-order valence-corrected chi connectivity index (χ1v) is 12.7. The first-order chi connectivity index (χ1) is 15.8. The van der Waals surface area contributed by atoms with Crippen molar-refractivity contribution < 1.29 is 4.79 Å². The van der Waals surface area contributed by atoms with Crippen molar-refractivity contribution in [2.75, 3.05) is 19.3 Å². The zero-order valence-electron chi connectivity index (χ0n) is 21.0. The molecular formula is C28H41N3OS. The van der Waals surface area contributed by atoms with Gasteiger partial charge in [-0.15, -0.1) is 6.58 Å². The third kappa shape index (κ3) is 9.79. The molecule has 0 saturated carbocycles. The van der Waals surface area contributed by atoms with Crippen molar-refractivity contribution in [3.05, 3.63) is 96.0 Å². The van der Waals surface area contributed by atoms with Crippen molar-refractivity contribution in [1.29, 1.82) is 0 Å². The largest absolute Gasteiger partial charge is 0.375 e. The molecule has 0 aromatic carbocycles. The maximum atomic E-state index is 12.9. The van der Waals surface area contributed by atoms with Gasteiger partial charge in [0.1, 0.15) is 0 Å². The standard InChI is InChI=1S/C28H41N3OS/c1-9-14-25(20-22(5)31-17-12-13-18-31)15-16-26(10-2)28(32)29-24(7)27(11-3)19-21(4)23(6)30-33-8/h9-11,15-16,19-20,24,30H,1-3,12-14,17-18H2,4-8H3,(H,29,32)/b22-20+,23-21+,25-15+,26-16+,27-19+/t24-/m1/s1. The Hall–Kier alpha value is -2.66. The van der Waals surface area contributed by atoms with Crippen molar-refractivity contribution in [3.63, 3.8) is 0 Å². The van der Waals surface area contributed by atoms with Gasteiger partial charge in [-0.1, -0.05) is 55.5 Å². The van der Waals surface area contributed by atoms with Gasteiger partial charge in [-0.05, 0) is 75.8 Å². The fraction of sp³-hybridized carbons (Fsp3) is 0.393. The molecule has 2 N–H and O–H groups in total. The van der Waals surface area contributed by atoms with E-state index in [-0.39, 0.29) is 11.9 Å². The molecule has 1 atom stereocenters. The molecule has 0 unspecified atom stereocenters. The van der Waals surface area contributed by atoms with Gasteiger partial charge in [-0.2, -0.15) is 0 Å². The summed E-state index contributed by atoms with van der Waals surface area (Å²) >= 11 is 1.55. The Balaban J connectivity index is 3.03. The molecule has 0 aliphatic carbocycles. The molecule has 0 bridgehead atoms. The van der Waals surface area contributed by atoms with Crippen LogP contribution in [0.15, 0.2) is 96.0 Å². The molecule has 1 aliphatic rings. The van der Waals surface area contributed by atoms with E-state index >= 15 is 0 Å². The molecular weight excluding hydrogens is 426 g/mol. The first-order valence-electron chi connectivity index (χ1n) is 11.5. The lowest BCUT2D eigenvalue weighted by Gasteiger charge is -2.18. The second-order valence-electron chi connectivity index (χ2n) is 8.20. The highest BCUT2D eigenvalue weighted by Gasteiger charge is 2.13. The number of carbonyl (C=O) groups excluding carboxylic acids is 1. The number of amides is 1. The van der Waals surface area contributed by atoms with Gasteiger partial charge in [0.25, 0.3) is 5.91 Å². The smallest absolute Gasteiger partial charge is 0.251 e. The van der Waals surface area contributed by atoms with E-state index in [0.717, 1.165) is 41.9 Å². The first kappa shape index (κ1) is 28.4. The van der Waals surface area contributed by atoms with E-state index in [1.54, 1.807) is 24.1 Å². The molecule has 1 fully saturated rings. The van der Waals surface area contributed by atoms with Gasteiger partial charge in [-0.25, -0.2) is 0 Å². The van der Waals surface area contributed by atoms with Crippen LogP contribution in [-0.4, -0.2) is 36.2 Å². The molecule has 0 aromatic rings. The Bertz CT molecular complexity index is 868. The topological polar surface area (TPSA) is 44.4 Å². The summed E-state index contributed by atoms with van der Waals surface area (Å²) in [4.78, 5) is 15.3. The van der Waals surface area contributed by atoms with E-state index < -0.39 is 0 Å². The summed E-state index contributed by atoms with van der Waals surface area (Å²) in [7, 11) is 0. The average molecular weight is 468 g/mol. The Labute approximate surface area is 205 Å². The summed E-state index contributed by atoms with van der Waals surface area (Å²) in [5.74, 6) is -0.166. The molecule has 0 radical (unpaired) electrons. The van der Waals surface area contributed by atoms with Gasteiger partial charge in [0.2, 0.25) is 0 Å². The van der Waals surface area contributed by atoms with Crippen LogP contribution >= 0.6 is 11.9 Å². The second kappa shape index (κ2) is 15.2. The van der Waals surface area contributed by atoms with E-state index in [4.69, 9.17) is 0 Å². The van der Waals surface area contributed by atoms with E-state index in [9.17, 15) is 4.79 Å². The predicted octanol–water partition coefficient (Wildman–Crippen LogP) is 6.38. The quantitative estimate of drug-likeness (QED) is 0.143. The fourth-order valence-electron chi connectivity index (χ4n) is 3.52. The van der Waals surface area contributed by atoms with Crippen LogP contribution in [-0.2, 0) is 4.79 Å². The lowest BCUT2D eigenvalue weighted by atomic mass is 10.0. The monoisotopic (exact) mass is 467 g/mol. The summed E-state index contributed by atoms with van der Waals surface area (Å²) in [5, 5.41) is 3.06. The fourth-order valence-corrected chi connectivity index (χ4v) is 3.99. The van der Waals surface area contributed by atoms with Crippen LogP contribution in [0.3, 0.4) is 0 Å². The van der Waals surface area contributed by atoms with E-state index in [1.807, 2.05) is 51.3 Å². The summed E-state index contributed by atoms with van der Waals surface area (Å²) < 4.78 is 3.24. The number of nitrogens with zero attached hydrogens (tertiary/aromatic N) is 1. The minimum Gasteiger partial charge on any atom is -0.375 e. The number of hydrogen-bond donors (Lipinski definition) is 2. The Morgan fingerprint density at radius 3 is 2.27 bits per heavy atom. The normalized spacial score (nSPS) is 17.3. The van der Waals surface area contributed by atoms with Crippen LogP contribution < -0.4 is 10.0 Å². The molecule has 1 amide bonds. The van der Waals surface area contributed by atoms with Gasteiger partial charge in [0.05, 0.1) is 6.04 Å². The maximum Gasteiger partial charge on any atom is 0.251 e. The maximum absolute atomic E-state index is 12.9. The summed E-state index contributed by atoms with van der Waals surface area (Å²) in [6.45, 7) is 22.0. The minimum absolute atomic E-state index is 0.166. The van der Waals surface area contributed by atoms with Crippen molar-refractivity contribution in [2.24, 2.45) is 0 Å². The third-order valence-corrected chi connectivity index (χ3v) is 6.16. The van der Waals surface area contributed by atoms with Crippen molar-refractivity contribution in [2.45, 2.75) is 53.0 Å². The van der Waals surface area contributed by atoms with Crippen LogP contribution in [0.5, 0.6) is 0 Å². The van der Waals surface area contributed by atoms with Crippen LogP contribution in [0.2, 0.25) is 0 Å². The Morgan fingerprint density at radius 2 is 1.73 bits per heavy atom. The number of likely N-dealkylation sites (tertiary alicyclic amines) is 1. The average Bonchev–Trinajstić information content (AvgIpc) is 3.32. The molecule has 0 aromatic heterocycles. The zero-order valence-corrected chi connectivity index (χ0v) is 21.9. The van der Waals surface area contributed by atoms with Gasteiger partial charge in [-0.3, -0.25) is 4.79 Å². The minimum atomic E-state index is -0.190. The van der Waals surface area contributed by atoms with E-state index in [2.05, 4.69) is 47.7 Å². The highest BCUT2D eigenvalue weighted by Crippen LogP contribution is 2.18. The molecule has 4 nitrogen and oxygen atoms in total. The highest BCUT2D eigenvalue weighted by molar-refractivity contribution is 7.96. The highest BCUT2D eigenvalue weighted by atomic mass is 32.2. The van der Waals surface area contributed by atoms with Crippen molar-refractivity contribution in [1.82, 2.24) is 14.9 Å². The lowest BCUT2D eigenvalue weighted by Crippen LogP contribution is -2.34. The molecule has 1 rings (SSSR count). The number of carbonyl (C=O) groups is 1.